The molecule has 108 valence electrons. The van der Waals surface area contributed by atoms with Gasteiger partial charge in [-0.3, -0.25) is 4.79 Å². The summed E-state index contributed by atoms with van der Waals surface area (Å²) in [5, 5.41) is 9.56. The van der Waals surface area contributed by atoms with E-state index in [-0.39, 0.29) is 6.42 Å². The van der Waals surface area contributed by atoms with E-state index >= 15 is 0 Å². The molecule has 1 saturated carbocycles. The van der Waals surface area contributed by atoms with Gasteiger partial charge in [0.05, 0.1) is 18.6 Å². The van der Waals surface area contributed by atoms with Crippen molar-refractivity contribution >= 4 is 17.6 Å². The summed E-state index contributed by atoms with van der Waals surface area (Å²) in [6, 6.07) is 1.66. The molecule has 0 bridgehead atoms. The van der Waals surface area contributed by atoms with Crippen molar-refractivity contribution in [2.45, 2.75) is 24.7 Å². The molecule has 1 aromatic rings. The van der Waals surface area contributed by atoms with Crippen LogP contribution in [0.25, 0.3) is 0 Å². The summed E-state index contributed by atoms with van der Waals surface area (Å²) in [5.74, 6) is 0.801. The number of carboxylic acid groups (broad SMARTS) is 1. The summed E-state index contributed by atoms with van der Waals surface area (Å²) in [5.41, 5.74) is 0.289. The molecule has 1 aliphatic heterocycles. The first-order valence-electron chi connectivity index (χ1n) is 6.46. The normalized spacial score (nSPS) is 18.5. The van der Waals surface area contributed by atoms with Crippen LogP contribution in [0.5, 0.6) is 17.2 Å². The SMILES string of the molecule is COc1c(Cl)cc2c(c1C1(CC(=O)O)CC1)OCCO2. The fourth-order valence-electron chi connectivity index (χ4n) is 2.77. The highest BCUT2D eigenvalue weighted by molar-refractivity contribution is 6.32. The minimum Gasteiger partial charge on any atom is -0.495 e. The van der Waals surface area contributed by atoms with Gasteiger partial charge in [-0.1, -0.05) is 11.6 Å². The Bertz CT molecular complexity index is 565. The lowest BCUT2D eigenvalue weighted by Gasteiger charge is -2.27. The van der Waals surface area contributed by atoms with Crippen LogP contribution in [0, 0.1) is 0 Å². The molecule has 1 heterocycles. The van der Waals surface area contributed by atoms with Crippen LogP contribution < -0.4 is 14.2 Å². The molecule has 0 spiro atoms. The van der Waals surface area contributed by atoms with Crippen LogP contribution in [-0.2, 0) is 10.2 Å². The second-order valence-electron chi connectivity index (χ2n) is 5.14. The number of ether oxygens (including phenoxy) is 3. The molecule has 0 saturated heterocycles. The number of hydrogen-bond donors (Lipinski definition) is 1. The topological polar surface area (TPSA) is 65.0 Å². The van der Waals surface area contributed by atoms with E-state index in [9.17, 15) is 4.79 Å². The average molecular weight is 299 g/mol. The second-order valence-corrected chi connectivity index (χ2v) is 5.55. The third-order valence-electron chi connectivity index (χ3n) is 3.82. The number of hydrogen-bond acceptors (Lipinski definition) is 4. The number of halogens is 1. The van der Waals surface area contributed by atoms with E-state index in [0.29, 0.717) is 35.5 Å². The van der Waals surface area contributed by atoms with E-state index in [1.165, 1.54) is 7.11 Å². The average Bonchev–Trinajstić information content (AvgIpc) is 3.16. The van der Waals surface area contributed by atoms with Crippen LogP contribution in [0.15, 0.2) is 6.07 Å². The minimum atomic E-state index is -0.838. The molecule has 20 heavy (non-hydrogen) atoms. The maximum atomic E-state index is 11.1. The van der Waals surface area contributed by atoms with E-state index in [4.69, 9.17) is 30.9 Å². The van der Waals surface area contributed by atoms with Gasteiger partial charge >= 0.3 is 5.97 Å². The van der Waals surface area contributed by atoms with E-state index in [1.807, 2.05) is 0 Å². The van der Waals surface area contributed by atoms with E-state index < -0.39 is 11.4 Å². The van der Waals surface area contributed by atoms with Crippen LogP contribution in [0.2, 0.25) is 5.02 Å². The van der Waals surface area contributed by atoms with E-state index in [2.05, 4.69) is 0 Å². The number of carbonyl (C=O) groups is 1. The minimum absolute atomic E-state index is 0.0412. The van der Waals surface area contributed by atoms with Crippen molar-refractivity contribution in [2.75, 3.05) is 20.3 Å². The fraction of sp³-hybridized carbons (Fsp3) is 0.500. The lowest BCUT2D eigenvalue weighted by atomic mass is 9.90. The lowest BCUT2D eigenvalue weighted by Crippen LogP contribution is -2.21. The monoisotopic (exact) mass is 298 g/mol. The molecule has 1 fully saturated rings. The van der Waals surface area contributed by atoms with Crippen molar-refractivity contribution in [3.05, 3.63) is 16.7 Å². The Balaban J connectivity index is 2.17. The van der Waals surface area contributed by atoms with Gasteiger partial charge in [-0.05, 0) is 12.8 Å². The van der Waals surface area contributed by atoms with Crippen molar-refractivity contribution in [3.63, 3.8) is 0 Å². The third-order valence-corrected chi connectivity index (χ3v) is 4.10. The maximum absolute atomic E-state index is 11.1. The molecule has 1 aromatic carbocycles. The predicted octanol–water partition coefficient (Wildman–Crippen LogP) is 2.63. The number of rotatable bonds is 4. The summed E-state index contributed by atoms with van der Waals surface area (Å²) < 4.78 is 16.7. The van der Waals surface area contributed by atoms with Gasteiger partial charge in [0, 0.05) is 17.0 Å². The standard InChI is InChI=1S/C14H15ClO5/c1-18-12-8(15)6-9-13(20-5-4-19-9)11(12)14(2-3-14)7-10(16)17/h6H,2-5,7H2,1H3,(H,16,17). The van der Waals surface area contributed by atoms with Crippen molar-refractivity contribution in [3.8, 4) is 17.2 Å². The predicted molar refractivity (Wildman–Crippen MR) is 72.2 cm³/mol. The van der Waals surface area contributed by atoms with Gasteiger partial charge in [-0.25, -0.2) is 0 Å². The Kier molecular flexibility index (Phi) is 3.17. The Labute approximate surface area is 121 Å². The van der Waals surface area contributed by atoms with Gasteiger partial charge in [-0.2, -0.15) is 0 Å². The van der Waals surface area contributed by atoms with Gasteiger partial charge in [0.25, 0.3) is 0 Å². The van der Waals surface area contributed by atoms with Crippen LogP contribution >= 0.6 is 11.6 Å². The van der Waals surface area contributed by atoms with E-state index in [1.54, 1.807) is 6.07 Å². The Morgan fingerprint density at radius 3 is 2.75 bits per heavy atom. The Morgan fingerprint density at radius 2 is 2.15 bits per heavy atom. The molecule has 2 aliphatic rings. The molecule has 0 unspecified atom stereocenters. The van der Waals surface area contributed by atoms with Crippen molar-refractivity contribution < 1.29 is 24.1 Å². The highest BCUT2D eigenvalue weighted by atomic mass is 35.5. The van der Waals surface area contributed by atoms with Gasteiger partial charge in [0.2, 0.25) is 0 Å². The number of carboxylic acids is 1. The number of benzene rings is 1. The summed E-state index contributed by atoms with van der Waals surface area (Å²) >= 11 is 6.23. The molecule has 0 amide bonds. The van der Waals surface area contributed by atoms with Gasteiger partial charge < -0.3 is 19.3 Å². The zero-order valence-corrected chi connectivity index (χ0v) is 11.8. The van der Waals surface area contributed by atoms with Gasteiger partial charge in [0.15, 0.2) is 11.5 Å². The smallest absolute Gasteiger partial charge is 0.304 e. The first-order chi connectivity index (χ1) is 9.57. The third kappa shape index (κ3) is 2.06. The zero-order chi connectivity index (χ0) is 14.3. The molecule has 1 N–H and O–H groups in total. The number of methoxy groups -OCH3 is 1. The molecule has 6 heteroatoms. The molecule has 0 radical (unpaired) electrons. The maximum Gasteiger partial charge on any atom is 0.304 e. The Morgan fingerprint density at radius 1 is 1.45 bits per heavy atom. The van der Waals surface area contributed by atoms with Crippen LogP contribution in [0.1, 0.15) is 24.8 Å². The molecule has 3 rings (SSSR count). The highest BCUT2D eigenvalue weighted by Crippen LogP contribution is 2.60. The van der Waals surface area contributed by atoms with Gasteiger partial charge in [0.1, 0.15) is 19.0 Å². The zero-order valence-electron chi connectivity index (χ0n) is 11.1. The fourth-order valence-corrected chi connectivity index (χ4v) is 3.05. The van der Waals surface area contributed by atoms with Crippen LogP contribution in [-0.4, -0.2) is 31.4 Å². The van der Waals surface area contributed by atoms with Crippen molar-refractivity contribution in [1.82, 2.24) is 0 Å². The number of fused-ring (bicyclic) bond motifs is 1. The largest absolute Gasteiger partial charge is 0.495 e. The highest BCUT2D eigenvalue weighted by Gasteiger charge is 2.51. The summed E-state index contributed by atoms with van der Waals surface area (Å²) in [6.45, 7) is 0.898. The first kappa shape index (κ1) is 13.4. The quantitative estimate of drug-likeness (QED) is 0.925. The van der Waals surface area contributed by atoms with Crippen molar-refractivity contribution in [1.29, 1.82) is 0 Å². The number of aliphatic carboxylic acids is 1. The second kappa shape index (κ2) is 4.74. The molecule has 5 nitrogen and oxygen atoms in total. The summed E-state index contributed by atoms with van der Waals surface area (Å²) in [7, 11) is 1.53. The van der Waals surface area contributed by atoms with Gasteiger partial charge in [-0.15, -0.1) is 0 Å². The summed E-state index contributed by atoms with van der Waals surface area (Å²) in [4.78, 5) is 11.1. The lowest BCUT2D eigenvalue weighted by molar-refractivity contribution is -0.137. The molecule has 0 atom stereocenters. The van der Waals surface area contributed by atoms with Crippen LogP contribution in [0.4, 0.5) is 0 Å². The molecular weight excluding hydrogens is 284 g/mol. The molecule has 0 aromatic heterocycles. The molecule has 1 aliphatic carbocycles. The summed E-state index contributed by atoms with van der Waals surface area (Å²) in [6.07, 6.45) is 1.61. The first-order valence-corrected chi connectivity index (χ1v) is 6.83. The molecular formula is C14H15ClO5. The van der Waals surface area contributed by atoms with Crippen molar-refractivity contribution in [2.24, 2.45) is 0 Å². The Hall–Kier alpha value is -1.62. The van der Waals surface area contributed by atoms with Crippen LogP contribution in [0.3, 0.4) is 0 Å². The van der Waals surface area contributed by atoms with E-state index in [0.717, 1.165) is 18.4 Å².